The Kier molecular flexibility index (Phi) is 6.84. The molecule has 0 rings (SSSR count). The van der Waals surface area contributed by atoms with Crippen molar-refractivity contribution in [2.75, 3.05) is 0 Å². The van der Waals surface area contributed by atoms with Crippen LogP contribution in [0, 0.1) is 18.3 Å². The second-order valence-corrected chi connectivity index (χ2v) is 3.60. The molecule has 0 amide bonds. The standard InChI is InChI=1S/C12H21/c1-5-8-12(4)10-7-9-11(3)6-2/h5-7,11-12H,1-2,8-10H2,3-4H3. The van der Waals surface area contributed by atoms with Crippen LogP contribution in [0.5, 0.6) is 0 Å². The molecule has 0 fully saturated rings. The lowest BCUT2D eigenvalue weighted by atomic mass is 9.97. The van der Waals surface area contributed by atoms with Crippen LogP contribution >= 0.6 is 0 Å². The summed E-state index contributed by atoms with van der Waals surface area (Å²) in [5, 5.41) is 0. The van der Waals surface area contributed by atoms with Crippen molar-refractivity contribution in [1.29, 1.82) is 0 Å². The van der Waals surface area contributed by atoms with Gasteiger partial charge in [0.2, 0.25) is 0 Å². The third-order valence-electron chi connectivity index (χ3n) is 2.08. The maximum Gasteiger partial charge on any atom is -0.0262 e. The highest BCUT2D eigenvalue weighted by molar-refractivity contribution is 4.82. The summed E-state index contributed by atoms with van der Waals surface area (Å²) in [7, 11) is 0. The molecule has 0 heterocycles. The van der Waals surface area contributed by atoms with Crippen molar-refractivity contribution >= 4 is 0 Å². The SMILES string of the molecule is C=CCC(C)C[CH]CC(C)C=C. The Hall–Kier alpha value is -0.520. The molecule has 2 unspecified atom stereocenters. The van der Waals surface area contributed by atoms with Crippen LogP contribution < -0.4 is 0 Å². The van der Waals surface area contributed by atoms with E-state index in [1.54, 1.807) is 0 Å². The lowest BCUT2D eigenvalue weighted by Gasteiger charge is -2.09. The quantitative estimate of drug-likeness (QED) is 0.500. The van der Waals surface area contributed by atoms with E-state index in [1.807, 2.05) is 12.2 Å². The number of hydrogen-bond acceptors (Lipinski definition) is 0. The van der Waals surface area contributed by atoms with Crippen molar-refractivity contribution in [3.05, 3.63) is 31.7 Å². The molecule has 69 valence electrons. The van der Waals surface area contributed by atoms with E-state index in [2.05, 4.69) is 33.4 Å². The number of rotatable bonds is 7. The topological polar surface area (TPSA) is 0 Å². The van der Waals surface area contributed by atoms with Gasteiger partial charge in [-0.25, -0.2) is 0 Å². The average molecular weight is 165 g/mol. The van der Waals surface area contributed by atoms with Crippen molar-refractivity contribution in [2.45, 2.75) is 33.1 Å². The highest BCUT2D eigenvalue weighted by Gasteiger charge is 2.01. The molecule has 0 nitrogen and oxygen atoms in total. The molecule has 2 atom stereocenters. The van der Waals surface area contributed by atoms with Gasteiger partial charge in [-0.2, -0.15) is 0 Å². The Labute approximate surface area is 77.4 Å². The Bertz CT molecular complexity index is 124. The van der Waals surface area contributed by atoms with Crippen LogP contribution in [0.2, 0.25) is 0 Å². The summed E-state index contributed by atoms with van der Waals surface area (Å²) in [5.74, 6) is 1.38. The molecule has 0 aliphatic carbocycles. The van der Waals surface area contributed by atoms with Gasteiger partial charge in [-0.05, 0) is 37.5 Å². The van der Waals surface area contributed by atoms with Crippen molar-refractivity contribution in [1.82, 2.24) is 0 Å². The molecule has 0 spiro atoms. The summed E-state index contributed by atoms with van der Waals surface area (Å²) < 4.78 is 0. The zero-order chi connectivity index (χ0) is 9.40. The first kappa shape index (κ1) is 11.5. The minimum Gasteiger partial charge on any atom is -0.103 e. The van der Waals surface area contributed by atoms with E-state index < -0.39 is 0 Å². The Morgan fingerprint density at radius 1 is 1.08 bits per heavy atom. The van der Waals surface area contributed by atoms with E-state index in [9.17, 15) is 0 Å². The lowest BCUT2D eigenvalue weighted by molar-refractivity contribution is 0.552. The maximum atomic E-state index is 3.76. The Morgan fingerprint density at radius 2 is 1.75 bits per heavy atom. The summed E-state index contributed by atoms with van der Waals surface area (Å²) in [5.41, 5.74) is 0. The largest absolute Gasteiger partial charge is 0.103 e. The molecule has 1 radical (unpaired) electrons. The van der Waals surface area contributed by atoms with Gasteiger partial charge in [0.05, 0.1) is 0 Å². The summed E-state index contributed by atoms with van der Waals surface area (Å²) in [4.78, 5) is 0. The monoisotopic (exact) mass is 165 g/mol. The summed E-state index contributed by atoms with van der Waals surface area (Å²) in [6, 6.07) is 0. The van der Waals surface area contributed by atoms with E-state index >= 15 is 0 Å². The highest BCUT2D eigenvalue weighted by atomic mass is 14.1. The average Bonchev–Trinajstić information content (AvgIpc) is 2.04. The minimum absolute atomic E-state index is 0.626. The number of hydrogen-bond donors (Lipinski definition) is 0. The van der Waals surface area contributed by atoms with Crippen LogP contribution in [0.3, 0.4) is 0 Å². The van der Waals surface area contributed by atoms with Crippen LogP contribution in [0.15, 0.2) is 25.3 Å². The van der Waals surface area contributed by atoms with E-state index in [0.29, 0.717) is 5.92 Å². The lowest BCUT2D eigenvalue weighted by Crippen LogP contribution is -1.96. The molecule has 0 aromatic heterocycles. The fourth-order valence-corrected chi connectivity index (χ4v) is 1.12. The smallest absolute Gasteiger partial charge is 0.0262 e. The normalized spacial score (nSPS) is 15.2. The molecule has 0 bridgehead atoms. The van der Waals surface area contributed by atoms with Gasteiger partial charge in [0.15, 0.2) is 0 Å². The predicted molar refractivity (Wildman–Crippen MR) is 56.9 cm³/mol. The molecule has 0 aromatic carbocycles. The molecular weight excluding hydrogens is 144 g/mol. The molecule has 0 aliphatic heterocycles. The molecule has 12 heavy (non-hydrogen) atoms. The Balaban J connectivity index is 3.29. The van der Waals surface area contributed by atoms with Gasteiger partial charge >= 0.3 is 0 Å². The first-order valence-corrected chi connectivity index (χ1v) is 4.75. The van der Waals surface area contributed by atoms with Gasteiger partial charge in [-0.3, -0.25) is 0 Å². The van der Waals surface area contributed by atoms with E-state index in [4.69, 9.17) is 0 Å². The van der Waals surface area contributed by atoms with Crippen molar-refractivity contribution in [3.8, 4) is 0 Å². The van der Waals surface area contributed by atoms with E-state index in [0.717, 1.165) is 18.8 Å². The second kappa shape index (κ2) is 7.15. The van der Waals surface area contributed by atoms with Gasteiger partial charge in [-0.1, -0.05) is 26.0 Å². The molecular formula is C12H21. The van der Waals surface area contributed by atoms with Gasteiger partial charge < -0.3 is 0 Å². The van der Waals surface area contributed by atoms with Crippen molar-refractivity contribution in [2.24, 2.45) is 11.8 Å². The van der Waals surface area contributed by atoms with Crippen LogP contribution in [0.25, 0.3) is 0 Å². The molecule has 0 heteroatoms. The fraction of sp³-hybridized carbons (Fsp3) is 0.583. The van der Waals surface area contributed by atoms with Gasteiger partial charge in [-0.15, -0.1) is 13.2 Å². The van der Waals surface area contributed by atoms with Crippen LogP contribution in [-0.4, -0.2) is 0 Å². The zero-order valence-electron chi connectivity index (χ0n) is 8.42. The Morgan fingerprint density at radius 3 is 2.25 bits per heavy atom. The molecule has 0 N–H and O–H groups in total. The summed E-state index contributed by atoms with van der Waals surface area (Å²) in [6.45, 7) is 11.9. The maximum absolute atomic E-state index is 3.76. The van der Waals surface area contributed by atoms with Gasteiger partial charge in [0.1, 0.15) is 0 Å². The minimum atomic E-state index is 0.626. The first-order chi connectivity index (χ1) is 5.70. The third-order valence-corrected chi connectivity index (χ3v) is 2.08. The first-order valence-electron chi connectivity index (χ1n) is 4.75. The molecule has 0 aromatic rings. The van der Waals surface area contributed by atoms with Crippen LogP contribution in [0.4, 0.5) is 0 Å². The van der Waals surface area contributed by atoms with Crippen molar-refractivity contribution in [3.63, 3.8) is 0 Å². The number of allylic oxidation sites excluding steroid dienone is 2. The van der Waals surface area contributed by atoms with Crippen molar-refractivity contribution < 1.29 is 0 Å². The van der Waals surface area contributed by atoms with Crippen LogP contribution in [0.1, 0.15) is 33.1 Å². The van der Waals surface area contributed by atoms with E-state index in [-0.39, 0.29) is 0 Å². The van der Waals surface area contributed by atoms with Crippen LogP contribution in [-0.2, 0) is 0 Å². The van der Waals surface area contributed by atoms with Gasteiger partial charge in [0.25, 0.3) is 0 Å². The van der Waals surface area contributed by atoms with E-state index in [1.165, 1.54) is 6.42 Å². The molecule has 0 aliphatic rings. The molecule has 0 saturated heterocycles. The van der Waals surface area contributed by atoms with Gasteiger partial charge in [0, 0.05) is 0 Å². The highest BCUT2D eigenvalue weighted by Crippen LogP contribution is 2.14. The fourth-order valence-electron chi connectivity index (χ4n) is 1.12. The predicted octanol–water partition coefficient (Wildman–Crippen LogP) is 4.01. The molecule has 0 saturated carbocycles. The summed E-state index contributed by atoms with van der Waals surface area (Å²) in [6.07, 6.45) is 9.85. The second-order valence-electron chi connectivity index (χ2n) is 3.60. The third kappa shape index (κ3) is 6.21. The summed E-state index contributed by atoms with van der Waals surface area (Å²) >= 11 is 0. The zero-order valence-corrected chi connectivity index (χ0v) is 8.42.